The molecule has 1 atom stereocenters. The number of hydrogen-bond donors (Lipinski definition) is 2. The highest BCUT2D eigenvalue weighted by Gasteiger charge is 2.26. The minimum Gasteiger partial charge on any atom is -0.384 e. The van der Waals surface area contributed by atoms with Gasteiger partial charge in [-0.3, -0.25) is 0 Å². The van der Waals surface area contributed by atoms with Gasteiger partial charge in [0.05, 0.1) is 4.90 Å². The van der Waals surface area contributed by atoms with E-state index in [2.05, 4.69) is 16.6 Å². The Balaban J connectivity index is 2.15. The lowest BCUT2D eigenvalue weighted by molar-refractivity contribution is 0.350. The average molecular weight is 307 g/mol. The molecular weight excluding hydrogens is 286 g/mol. The van der Waals surface area contributed by atoms with Gasteiger partial charge in [0.25, 0.3) is 0 Å². The highest BCUT2D eigenvalue weighted by atomic mass is 32.2. The van der Waals surface area contributed by atoms with Crippen LogP contribution in [-0.2, 0) is 10.0 Å². The van der Waals surface area contributed by atoms with Gasteiger partial charge in [-0.1, -0.05) is 30.7 Å². The summed E-state index contributed by atoms with van der Waals surface area (Å²) >= 11 is 0. The molecule has 2 N–H and O–H groups in total. The van der Waals surface area contributed by atoms with Gasteiger partial charge in [-0.05, 0) is 43.9 Å². The van der Waals surface area contributed by atoms with Gasteiger partial charge < -0.3 is 5.11 Å². The maximum atomic E-state index is 12.4. The maximum Gasteiger partial charge on any atom is 0.240 e. The van der Waals surface area contributed by atoms with Gasteiger partial charge in [0.15, 0.2) is 0 Å². The van der Waals surface area contributed by atoms with Gasteiger partial charge in [0, 0.05) is 11.6 Å². The van der Waals surface area contributed by atoms with E-state index in [1.54, 1.807) is 18.2 Å². The second-order valence-electron chi connectivity index (χ2n) is 5.44. The molecule has 1 aromatic carbocycles. The van der Waals surface area contributed by atoms with Gasteiger partial charge >= 0.3 is 0 Å². The summed E-state index contributed by atoms with van der Waals surface area (Å²) in [6, 6.07) is 6.43. The summed E-state index contributed by atoms with van der Waals surface area (Å²) in [5.74, 6) is 5.67. The largest absolute Gasteiger partial charge is 0.384 e. The first kappa shape index (κ1) is 16.0. The Bertz CT molecular complexity index is 637. The van der Waals surface area contributed by atoms with E-state index in [0.29, 0.717) is 11.5 Å². The lowest BCUT2D eigenvalue weighted by atomic mass is 10.0. The van der Waals surface area contributed by atoms with Crippen molar-refractivity contribution < 1.29 is 13.5 Å². The topological polar surface area (TPSA) is 66.4 Å². The highest BCUT2D eigenvalue weighted by molar-refractivity contribution is 7.89. The Morgan fingerprint density at radius 1 is 1.38 bits per heavy atom. The van der Waals surface area contributed by atoms with Crippen molar-refractivity contribution in [1.82, 2.24) is 4.72 Å². The molecule has 1 fully saturated rings. The molecule has 0 radical (unpaired) electrons. The summed E-state index contributed by atoms with van der Waals surface area (Å²) in [6.45, 7) is 1.69. The zero-order valence-corrected chi connectivity index (χ0v) is 13.0. The zero-order valence-electron chi connectivity index (χ0n) is 12.2. The van der Waals surface area contributed by atoms with Crippen LogP contribution in [0, 0.1) is 17.8 Å². The van der Waals surface area contributed by atoms with Crippen molar-refractivity contribution in [2.45, 2.75) is 43.5 Å². The highest BCUT2D eigenvalue weighted by Crippen LogP contribution is 2.28. The molecule has 0 amide bonds. The summed E-state index contributed by atoms with van der Waals surface area (Å²) in [5.41, 5.74) is 0.584. The number of sulfonamides is 1. The fraction of sp³-hybridized carbons (Fsp3) is 0.500. The molecule has 0 saturated heterocycles. The first-order valence-corrected chi connectivity index (χ1v) is 8.73. The molecule has 0 bridgehead atoms. The standard InChI is InChI=1S/C16H21NO3S/c1-13(15-8-2-3-9-15)17-21(19,20)16-10-4-6-14(12-16)7-5-11-18/h4,6,10,12-13,15,17-18H,2-3,8-9,11H2,1H3. The third-order valence-corrected chi connectivity index (χ3v) is 5.46. The van der Waals surface area contributed by atoms with Crippen molar-refractivity contribution in [3.05, 3.63) is 29.8 Å². The first-order chi connectivity index (χ1) is 10.0. The third-order valence-electron chi connectivity index (χ3n) is 3.90. The van der Waals surface area contributed by atoms with Crippen molar-refractivity contribution in [2.24, 2.45) is 5.92 Å². The minimum absolute atomic E-state index is 0.0512. The number of benzene rings is 1. The van der Waals surface area contributed by atoms with Crippen LogP contribution in [-0.4, -0.2) is 26.2 Å². The summed E-state index contributed by atoms with van der Waals surface area (Å²) in [4.78, 5) is 0.220. The Hall–Kier alpha value is -1.35. The minimum atomic E-state index is -3.52. The molecule has 5 heteroatoms. The van der Waals surface area contributed by atoms with Gasteiger partial charge in [-0.2, -0.15) is 0 Å². The predicted molar refractivity (Wildman–Crippen MR) is 82.1 cm³/mol. The molecule has 1 unspecified atom stereocenters. The molecule has 0 heterocycles. The lowest BCUT2D eigenvalue weighted by Crippen LogP contribution is -2.37. The molecule has 0 spiro atoms. The molecule has 1 aliphatic carbocycles. The quantitative estimate of drug-likeness (QED) is 0.835. The molecule has 0 aliphatic heterocycles. The number of nitrogens with one attached hydrogen (secondary N) is 1. The van der Waals surface area contributed by atoms with Gasteiger partial charge in [-0.15, -0.1) is 0 Å². The molecule has 1 aliphatic rings. The van der Waals surface area contributed by atoms with Crippen molar-refractivity contribution >= 4 is 10.0 Å². The summed E-state index contributed by atoms with van der Waals surface area (Å²) in [7, 11) is -3.52. The molecule has 21 heavy (non-hydrogen) atoms. The van der Waals surface area contributed by atoms with Crippen LogP contribution in [0.3, 0.4) is 0 Å². The lowest BCUT2D eigenvalue weighted by Gasteiger charge is -2.20. The van der Waals surface area contributed by atoms with E-state index in [1.807, 2.05) is 6.92 Å². The van der Waals surface area contributed by atoms with E-state index < -0.39 is 10.0 Å². The average Bonchev–Trinajstić information content (AvgIpc) is 2.99. The second-order valence-corrected chi connectivity index (χ2v) is 7.16. The molecular formula is C16H21NO3S. The number of aliphatic hydroxyl groups is 1. The molecule has 4 nitrogen and oxygen atoms in total. The Labute approximate surface area is 126 Å². The Kier molecular flexibility index (Phi) is 5.40. The van der Waals surface area contributed by atoms with Crippen LogP contribution in [0.25, 0.3) is 0 Å². The van der Waals surface area contributed by atoms with Crippen molar-refractivity contribution in [3.8, 4) is 11.8 Å². The zero-order chi connectivity index (χ0) is 15.3. The van der Waals surface area contributed by atoms with Crippen LogP contribution in [0.15, 0.2) is 29.2 Å². The summed E-state index contributed by atoms with van der Waals surface area (Å²) < 4.78 is 27.6. The predicted octanol–water partition coefficient (Wildman–Crippen LogP) is 1.89. The van der Waals surface area contributed by atoms with Crippen LogP contribution in [0.4, 0.5) is 0 Å². The van der Waals surface area contributed by atoms with Gasteiger partial charge in [-0.25, -0.2) is 13.1 Å². The van der Waals surface area contributed by atoms with Gasteiger partial charge in [0.2, 0.25) is 10.0 Å². The van der Waals surface area contributed by atoms with Crippen LogP contribution in [0.1, 0.15) is 38.2 Å². The molecule has 114 valence electrons. The van der Waals surface area contributed by atoms with E-state index >= 15 is 0 Å². The summed E-state index contributed by atoms with van der Waals surface area (Å²) in [6.07, 6.45) is 4.54. The molecule has 1 saturated carbocycles. The molecule has 0 aromatic heterocycles. The van der Waals surface area contributed by atoms with Crippen LogP contribution in [0.5, 0.6) is 0 Å². The number of rotatable bonds is 4. The van der Waals surface area contributed by atoms with E-state index in [4.69, 9.17) is 5.11 Å². The fourth-order valence-corrected chi connectivity index (χ4v) is 4.11. The van der Waals surface area contributed by atoms with Crippen molar-refractivity contribution in [2.75, 3.05) is 6.61 Å². The van der Waals surface area contributed by atoms with E-state index in [0.717, 1.165) is 12.8 Å². The maximum absolute atomic E-state index is 12.4. The first-order valence-electron chi connectivity index (χ1n) is 7.25. The van der Waals surface area contributed by atoms with E-state index in [-0.39, 0.29) is 17.5 Å². The smallest absolute Gasteiger partial charge is 0.240 e. The monoisotopic (exact) mass is 307 g/mol. The second kappa shape index (κ2) is 7.08. The third kappa shape index (κ3) is 4.31. The van der Waals surface area contributed by atoms with Crippen LogP contribution >= 0.6 is 0 Å². The fourth-order valence-electron chi connectivity index (χ4n) is 2.75. The molecule has 2 rings (SSSR count). The molecule has 1 aromatic rings. The Morgan fingerprint density at radius 3 is 2.76 bits per heavy atom. The van der Waals surface area contributed by atoms with Crippen molar-refractivity contribution in [3.63, 3.8) is 0 Å². The van der Waals surface area contributed by atoms with Gasteiger partial charge in [0.1, 0.15) is 6.61 Å². The number of hydrogen-bond acceptors (Lipinski definition) is 3. The van der Waals surface area contributed by atoms with Crippen LogP contribution < -0.4 is 4.72 Å². The summed E-state index contributed by atoms with van der Waals surface area (Å²) in [5, 5.41) is 8.69. The normalized spacial score (nSPS) is 17.2. The van der Waals surface area contributed by atoms with E-state index in [9.17, 15) is 8.42 Å². The van der Waals surface area contributed by atoms with Crippen molar-refractivity contribution in [1.29, 1.82) is 0 Å². The van der Waals surface area contributed by atoms with Crippen LogP contribution in [0.2, 0.25) is 0 Å². The number of aliphatic hydroxyl groups excluding tert-OH is 1. The SMILES string of the molecule is CC(NS(=O)(=O)c1cccc(C#CCO)c1)C1CCCC1. The Morgan fingerprint density at radius 2 is 2.10 bits per heavy atom. The van der Waals surface area contributed by atoms with E-state index in [1.165, 1.54) is 18.9 Å².